The third-order valence-corrected chi connectivity index (χ3v) is 5.89. The minimum absolute atomic E-state index is 0.0609. The highest BCUT2D eigenvalue weighted by atomic mass is 35.5. The lowest BCUT2D eigenvalue weighted by Gasteiger charge is -2.26. The summed E-state index contributed by atoms with van der Waals surface area (Å²) in [6, 6.07) is 11.3. The predicted octanol–water partition coefficient (Wildman–Crippen LogP) is 4.08. The molecular weight excluding hydrogens is 372 g/mol. The van der Waals surface area contributed by atoms with Crippen molar-refractivity contribution in [2.24, 2.45) is 5.41 Å². The lowest BCUT2D eigenvalue weighted by Crippen LogP contribution is -2.38. The summed E-state index contributed by atoms with van der Waals surface area (Å²) < 4.78 is 27.6. The molecule has 0 aliphatic carbocycles. The molecule has 1 heterocycles. The maximum atomic E-state index is 12.6. The first-order chi connectivity index (χ1) is 12.1. The molecule has 5 nitrogen and oxygen atoms in total. The zero-order chi connectivity index (χ0) is 19.1. The summed E-state index contributed by atoms with van der Waals surface area (Å²) in [5, 5.41) is 0.477. The summed E-state index contributed by atoms with van der Waals surface area (Å²) in [7, 11) is -3.69. The predicted molar refractivity (Wildman–Crippen MR) is 104 cm³/mol. The van der Waals surface area contributed by atoms with Crippen LogP contribution in [0.4, 0.5) is 11.4 Å². The van der Waals surface area contributed by atoms with E-state index in [4.69, 9.17) is 11.6 Å². The number of carbonyl (C=O) groups excluding carboxylic acids is 1. The van der Waals surface area contributed by atoms with Gasteiger partial charge in [-0.25, -0.2) is 8.42 Å². The van der Waals surface area contributed by atoms with Crippen molar-refractivity contribution in [3.8, 4) is 0 Å². The van der Waals surface area contributed by atoms with E-state index in [1.54, 1.807) is 23.1 Å². The largest absolute Gasteiger partial charge is 0.311 e. The number of benzene rings is 2. The van der Waals surface area contributed by atoms with Crippen molar-refractivity contribution in [1.29, 1.82) is 0 Å². The molecule has 2 aromatic rings. The second-order valence-corrected chi connectivity index (χ2v) is 9.48. The minimum atomic E-state index is -3.69. The van der Waals surface area contributed by atoms with Crippen LogP contribution in [0.25, 0.3) is 0 Å². The van der Waals surface area contributed by atoms with Crippen molar-refractivity contribution < 1.29 is 13.2 Å². The Bertz CT molecular complexity index is 948. The monoisotopic (exact) mass is 392 g/mol. The molecule has 7 heteroatoms. The molecule has 0 saturated carbocycles. The highest BCUT2D eigenvalue weighted by Crippen LogP contribution is 2.34. The van der Waals surface area contributed by atoms with Crippen LogP contribution in [0.5, 0.6) is 0 Å². The lowest BCUT2D eigenvalue weighted by molar-refractivity contribution is -0.125. The molecule has 0 atom stereocenters. The zero-order valence-electron chi connectivity index (χ0n) is 14.9. The van der Waals surface area contributed by atoms with Crippen LogP contribution in [0.15, 0.2) is 47.4 Å². The van der Waals surface area contributed by atoms with Crippen molar-refractivity contribution in [2.75, 3.05) is 16.2 Å². The molecule has 0 fully saturated rings. The molecule has 3 rings (SSSR count). The Balaban J connectivity index is 1.84. The van der Waals surface area contributed by atoms with Gasteiger partial charge in [0.1, 0.15) is 0 Å². The molecule has 0 saturated heterocycles. The Morgan fingerprint density at radius 1 is 1.12 bits per heavy atom. The topological polar surface area (TPSA) is 66.5 Å². The number of halogens is 1. The van der Waals surface area contributed by atoms with E-state index in [2.05, 4.69) is 4.72 Å². The third kappa shape index (κ3) is 3.71. The van der Waals surface area contributed by atoms with Crippen LogP contribution < -0.4 is 9.62 Å². The fourth-order valence-electron chi connectivity index (χ4n) is 2.91. The first kappa shape index (κ1) is 18.7. The van der Waals surface area contributed by atoms with E-state index in [0.29, 0.717) is 23.7 Å². The number of fused-ring (bicyclic) bond motifs is 1. The highest BCUT2D eigenvalue weighted by Gasteiger charge is 2.32. The van der Waals surface area contributed by atoms with Crippen molar-refractivity contribution >= 4 is 38.9 Å². The van der Waals surface area contributed by atoms with Crippen molar-refractivity contribution in [3.05, 3.63) is 53.1 Å². The van der Waals surface area contributed by atoms with E-state index < -0.39 is 15.4 Å². The van der Waals surface area contributed by atoms with E-state index in [0.717, 1.165) is 11.3 Å². The van der Waals surface area contributed by atoms with Crippen LogP contribution in [-0.2, 0) is 21.2 Å². The van der Waals surface area contributed by atoms with Crippen molar-refractivity contribution in [3.63, 3.8) is 0 Å². The van der Waals surface area contributed by atoms with E-state index in [9.17, 15) is 13.2 Å². The molecule has 1 N–H and O–H groups in total. The van der Waals surface area contributed by atoms with Gasteiger partial charge in [0.05, 0.1) is 4.90 Å². The van der Waals surface area contributed by atoms with Gasteiger partial charge in [-0.2, -0.15) is 0 Å². The number of nitrogens with one attached hydrogen (secondary N) is 1. The molecule has 0 unspecified atom stereocenters. The summed E-state index contributed by atoms with van der Waals surface area (Å²) >= 11 is 5.81. The van der Waals surface area contributed by atoms with Gasteiger partial charge in [0.2, 0.25) is 5.91 Å². The molecule has 26 heavy (non-hydrogen) atoms. The van der Waals surface area contributed by atoms with E-state index in [1.165, 1.54) is 24.3 Å². The maximum absolute atomic E-state index is 12.6. The normalized spacial score (nSPS) is 14.2. The second-order valence-electron chi connectivity index (χ2n) is 7.36. The van der Waals surface area contributed by atoms with Gasteiger partial charge in [0.25, 0.3) is 10.0 Å². The summed E-state index contributed by atoms with van der Waals surface area (Å²) in [5.74, 6) is 0.0609. The van der Waals surface area contributed by atoms with Crippen molar-refractivity contribution in [2.45, 2.75) is 32.1 Å². The molecular formula is C19H21ClN2O3S. The van der Waals surface area contributed by atoms with Gasteiger partial charge in [-0.1, -0.05) is 32.4 Å². The molecule has 0 radical (unpaired) electrons. The highest BCUT2D eigenvalue weighted by molar-refractivity contribution is 7.92. The van der Waals surface area contributed by atoms with Crippen LogP contribution in [0.1, 0.15) is 26.3 Å². The van der Waals surface area contributed by atoms with Gasteiger partial charge < -0.3 is 4.90 Å². The quantitative estimate of drug-likeness (QED) is 0.855. The Morgan fingerprint density at radius 2 is 1.77 bits per heavy atom. The fraction of sp³-hybridized carbons (Fsp3) is 0.316. The number of hydrogen-bond acceptors (Lipinski definition) is 3. The zero-order valence-corrected chi connectivity index (χ0v) is 16.5. The molecule has 1 amide bonds. The molecule has 0 spiro atoms. The standard InChI is InChI=1S/C19H21ClN2O3S/c1-19(2,3)18(23)22-11-10-13-12-15(6-9-17(13)22)21-26(24,25)16-7-4-14(20)5-8-16/h4-9,12,21H,10-11H2,1-3H3. The average molecular weight is 393 g/mol. The number of anilines is 2. The smallest absolute Gasteiger partial charge is 0.261 e. The first-order valence-corrected chi connectivity index (χ1v) is 10.2. The first-order valence-electron chi connectivity index (χ1n) is 8.31. The summed E-state index contributed by atoms with van der Waals surface area (Å²) in [5.41, 5.74) is 1.82. The molecule has 0 bridgehead atoms. The SMILES string of the molecule is CC(C)(C)C(=O)N1CCc2cc(NS(=O)(=O)c3ccc(Cl)cc3)ccc21. The number of rotatable bonds is 3. The third-order valence-electron chi connectivity index (χ3n) is 4.24. The van der Waals surface area contributed by atoms with Gasteiger partial charge in [-0.3, -0.25) is 9.52 Å². The van der Waals surface area contributed by atoms with Gasteiger partial charge >= 0.3 is 0 Å². The van der Waals surface area contributed by atoms with Crippen LogP contribution in [0, 0.1) is 5.41 Å². The Morgan fingerprint density at radius 3 is 2.38 bits per heavy atom. The Labute approximate surface area is 159 Å². The molecule has 1 aliphatic heterocycles. The van der Waals surface area contributed by atoms with Gasteiger partial charge in [-0.15, -0.1) is 0 Å². The van der Waals surface area contributed by atoms with Crippen molar-refractivity contribution in [1.82, 2.24) is 0 Å². The van der Waals surface area contributed by atoms with Gasteiger partial charge in [0.15, 0.2) is 0 Å². The van der Waals surface area contributed by atoms with E-state index >= 15 is 0 Å². The lowest BCUT2D eigenvalue weighted by atomic mass is 9.94. The Kier molecular flexibility index (Phi) is 4.75. The van der Waals surface area contributed by atoms with E-state index in [1.807, 2.05) is 20.8 Å². The molecule has 1 aliphatic rings. The minimum Gasteiger partial charge on any atom is -0.311 e. The molecule has 138 valence electrons. The summed E-state index contributed by atoms with van der Waals surface area (Å²) in [6.07, 6.45) is 0.702. The number of carbonyl (C=O) groups is 1. The van der Waals surface area contributed by atoms with Gasteiger partial charge in [0, 0.05) is 28.4 Å². The van der Waals surface area contributed by atoms with Crippen LogP contribution in [0.3, 0.4) is 0 Å². The fourth-order valence-corrected chi connectivity index (χ4v) is 4.08. The summed E-state index contributed by atoms with van der Waals surface area (Å²) in [4.78, 5) is 14.5. The number of amides is 1. The summed E-state index contributed by atoms with van der Waals surface area (Å²) in [6.45, 7) is 6.28. The number of hydrogen-bond donors (Lipinski definition) is 1. The maximum Gasteiger partial charge on any atom is 0.261 e. The Hall–Kier alpha value is -2.05. The van der Waals surface area contributed by atoms with Crippen LogP contribution in [0.2, 0.25) is 5.02 Å². The van der Waals surface area contributed by atoms with E-state index in [-0.39, 0.29) is 10.8 Å². The van der Waals surface area contributed by atoms with Gasteiger partial charge in [-0.05, 0) is 54.4 Å². The molecule has 0 aromatic heterocycles. The average Bonchev–Trinajstić information content (AvgIpc) is 2.96. The van der Waals surface area contributed by atoms with Crippen LogP contribution in [-0.4, -0.2) is 20.9 Å². The van der Waals surface area contributed by atoms with Crippen LogP contribution >= 0.6 is 11.6 Å². The number of nitrogens with zero attached hydrogens (tertiary/aromatic N) is 1. The molecule has 2 aromatic carbocycles. The number of sulfonamides is 1. The second kappa shape index (κ2) is 6.59.